The minimum absolute atomic E-state index is 0.0586. The number of nitro groups is 1. The van der Waals surface area contributed by atoms with Gasteiger partial charge < -0.3 is 15.3 Å². The molecule has 0 bridgehead atoms. The van der Waals surface area contributed by atoms with Gasteiger partial charge in [0, 0.05) is 18.7 Å². The smallest absolute Gasteiger partial charge is 0.342 e. The quantitative estimate of drug-likeness (QED) is 0.503. The molecule has 0 amide bonds. The highest BCUT2D eigenvalue weighted by Crippen LogP contribution is 2.26. The van der Waals surface area contributed by atoms with Crippen molar-refractivity contribution < 1.29 is 29.8 Å². The standard InChI is InChI=1S/C13H15NO7S/c1-7(15)22-5-4-11(16)12(17)8-2-3-10(14(20)21)9(6-8)13(18)19/h2-3,6,11-12,16-17H,4-5H2,1H3,(H,18,19). The second kappa shape index (κ2) is 7.87. The molecule has 0 saturated carbocycles. The van der Waals surface area contributed by atoms with Crippen LogP contribution in [-0.2, 0) is 4.79 Å². The number of benzene rings is 1. The van der Waals surface area contributed by atoms with Crippen LogP contribution < -0.4 is 0 Å². The summed E-state index contributed by atoms with van der Waals surface area (Å²) in [6.45, 7) is 1.38. The van der Waals surface area contributed by atoms with Gasteiger partial charge in [-0.25, -0.2) is 4.79 Å². The van der Waals surface area contributed by atoms with Crippen LogP contribution in [0, 0.1) is 10.1 Å². The van der Waals surface area contributed by atoms with Crippen molar-refractivity contribution in [3.8, 4) is 0 Å². The highest BCUT2D eigenvalue weighted by Gasteiger charge is 2.24. The van der Waals surface area contributed by atoms with Crippen LogP contribution in [0.25, 0.3) is 0 Å². The van der Waals surface area contributed by atoms with Gasteiger partial charge in [0.1, 0.15) is 11.7 Å². The lowest BCUT2D eigenvalue weighted by atomic mass is 9.99. The summed E-state index contributed by atoms with van der Waals surface area (Å²) in [4.78, 5) is 31.7. The summed E-state index contributed by atoms with van der Waals surface area (Å²) in [5, 5.41) is 39.4. The SMILES string of the molecule is CC(=O)SCCC(O)C(O)c1ccc([N+](=O)[O-])c(C(=O)O)c1. The van der Waals surface area contributed by atoms with Crippen molar-refractivity contribution in [3.05, 3.63) is 39.4 Å². The molecule has 0 heterocycles. The number of carbonyl (C=O) groups is 2. The number of carbonyl (C=O) groups excluding carboxylic acids is 1. The van der Waals surface area contributed by atoms with Crippen molar-refractivity contribution >= 4 is 28.5 Å². The number of nitrogens with zero attached hydrogens (tertiary/aromatic N) is 1. The van der Waals surface area contributed by atoms with E-state index >= 15 is 0 Å². The zero-order valence-corrected chi connectivity index (χ0v) is 12.4. The fourth-order valence-corrected chi connectivity index (χ4v) is 2.42. The number of carboxylic acids is 1. The number of rotatable bonds is 7. The molecule has 0 aliphatic rings. The zero-order valence-electron chi connectivity index (χ0n) is 11.6. The summed E-state index contributed by atoms with van der Waals surface area (Å²) in [7, 11) is 0. The predicted molar refractivity (Wildman–Crippen MR) is 78.8 cm³/mol. The number of hydrogen-bond donors (Lipinski definition) is 3. The topological polar surface area (TPSA) is 138 Å². The summed E-state index contributed by atoms with van der Waals surface area (Å²) in [6, 6.07) is 3.13. The number of thioether (sulfide) groups is 1. The molecule has 9 heteroatoms. The number of aromatic carboxylic acids is 1. The molecule has 0 fully saturated rings. The molecule has 0 aromatic heterocycles. The van der Waals surface area contributed by atoms with Crippen LogP contribution in [0.5, 0.6) is 0 Å². The molecule has 0 spiro atoms. The number of nitro benzene ring substituents is 1. The van der Waals surface area contributed by atoms with Crippen LogP contribution in [-0.4, -0.2) is 43.2 Å². The lowest BCUT2D eigenvalue weighted by Crippen LogP contribution is -2.19. The van der Waals surface area contributed by atoms with Crippen LogP contribution in [0.1, 0.15) is 35.4 Å². The Morgan fingerprint density at radius 3 is 2.50 bits per heavy atom. The third-order valence-electron chi connectivity index (χ3n) is 2.87. The first-order valence-electron chi connectivity index (χ1n) is 6.25. The Bertz CT molecular complexity index is 590. The number of aliphatic hydroxyl groups is 2. The summed E-state index contributed by atoms with van der Waals surface area (Å²) < 4.78 is 0. The molecule has 1 aromatic rings. The highest BCUT2D eigenvalue weighted by atomic mass is 32.2. The van der Waals surface area contributed by atoms with E-state index in [1.165, 1.54) is 13.0 Å². The van der Waals surface area contributed by atoms with Gasteiger partial charge in [-0.2, -0.15) is 0 Å². The fraction of sp³-hybridized carbons (Fsp3) is 0.385. The van der Waals surface area contributed by atoms with Gasteiger partial charge >= 0.3 is 5.97 Å². The van der Waals surface area contributed by atoms with Crippen molar-refractivity contribution in [1.82, 2.24) is 0 Å². The van der Waals surface area contributed by atoms with E-state index in [0.717, 1.165) is 23.9 Å². The average molecular weight is 329 g/mol. The van der Waals surface area contributed by atoms with Crippen molar-refractivity contribution in [3.63, 3.8) is 0 Å². The Balaban J connectivity index is 2.91. The number of carboxylic acid groups (broad SMARTS) is 1. The van der Waals surface area contributed by atoms with E-state index in [9.17, 15) is 29.9 Å². The van der Waals surface area contributed by atoms with Crippen LogP contribution in [0.3, 0.4) is 0 Å². The van der Waals surface area contributed by atoms with Crippen molar-refractivity contribution in [2.45, 2.75) is 25.6 Å². The molecular weight excluding hydrogens is 314 g/mol. The van der Waals surface area contributed by atoms with Crippen LogP contribution in [0.2, 0.25) is 0 Å². The zero-order chi connectivity index (χ0) is 16.9. The molecule has 0 aliphatic carbocycles. The maximum absolute atomic E-state index is 11.0. The lowest BCUT2D eigenvalue weighted by molar-refractivity contribution is -0.385. The van der Waals surface area contributed by atoms with E-state index in [-0.39, 0.29) is 17.1 Å². The fourth-order valence-electron chi connectivity index (χ4n) is 1.77. The van der Waals surface area contributed by atoms with E-state index in [0.29, 0.717) is 5.75 Å². The van der Waals surface area contributed by atoms with E-state index in [1.54, 1.807) is 0 Å². The third kappa shape index (κ3) is 4.79. The Kier molecular flexibility index (Phi) is 6.47. The van der Waals surface area contributed by atoms with E-state index < -0.39 is 34.4 Å². The van der Waals surface area contributed by atoms with Crippen LogP contribution in [0.15, 0.2) is 18.2 Å². The highest BCUT2D eigenvalue weighted by molar-refractivity contribution is 8.13. The summed E-state index contributed by atoms with van der Waals surface area (Å²) in [6.07, 6.45) is -2.49. The molecule has 1 aromatic carbocycles. The van der Waals surface area contributed by atoms with Gasteiger partial charge in [0.05, 0.1) is 11.0 Å². The Morgan fingerprint density at radius 1 is 1.36 bits per heavy atom. The van der Waals surface area contributed by atoms with E-state index in [2.05, 4.69) is 0 Å². The molecule has 0 saturated heterocycles. The maximum Gasteiger partial charge on any atom is 0.342 e. The predicted octanol–water partition coefficient (Wildman–Crippen LogP) is 1.36. The summed E-state index contributed by atoms with van der Waals surface area (Å²) in [5.74, 6) is -1.20. The van der Waals surface area contributed by atoms with Crippen LogP contribution >= 0.6 is 11.8 Å². The Labute approximate surface area is 129 Å². The van der Waals surface area contributed by atoms with Gasteiger partial charge in [-0.15, -0.1) is 0 Å². The van der Waals surface area contributed by atoms with Gasteiger partial charge in [0.25, 0.3) is 5.69 Å². The molecule has 0 radical (unpaired) electrons. The first kappa shape index (κ1) is 18.1. The van der Waals surface area contributed by atoms with E-state index in [4.69, 9.17) is 5.11 Å². The molecular formula is C13H15NO7S. The second-order valence-corrected chi connectivity index (χ2v) is 5.75. The van der Waals surface area contributed by atoms with Crippen molar-refractivity contribution in [1.29, 1.82) is 0 Å². The molecule has 22 heavy (non-hydrogen) atoms. The molecule has 8 nitrogen and oxygen atoms in total. The Morgan fingerprint density at radius 2 is 2.00 bits per heavy atom. The second-order valence-electron chi connectivity index (χ2n) is 4.48. The third-order valence-corrected chi connectivity index (χ3v) is 3.72. The largest absolute Gasteiger partial charge is 0.477 e. The molecule has 2 atom stereocenters. The van der Waals surface area contributed by atoms with Gasteiger partial charge in [-0.05, 0) is 24.1 Å². The first-order valence-corrected chi connectivity index (χ1v) is 7.23. The van der Waals surface area contributed by atoms with E-state index in [1.807, 2.05) is 0 Å². The Hall–Kier alpha value is -1.97. The van der Waals surface area contributed by atoms with Crippen molar-refractivity contribution in [2.24, 2.45) is 0 Å². The molecule has 1 rings (SSSR count). The maximum atomic E-state index is 11.0. The normalized spacial score (nSPS) is 13.4. The minimum atomic E-state index is -1.50. The summed E-state index contributed by atoms with van der Waals surface area (Å²) >= 11 is 0.993. The first-order chi connectivity index (χ1) is 10.2. The monoisotopic (exact) mass is 329 g/mol. The molecule has 0 aliphatic heterocycles. The van der Waals surface area contributed by atoms with Gasteiger partial charge in [-0.1, -0.05) is 11.8 Å². The van der Waals surface area contributed by atoms with Crippen LogP contribution in [0.4, 0.5) is 5.69 Å². The molecule has 120 valence electrons. The lowest BCUT2D eigenvalue weighted by Gasteiger charge is -2.18. The number of aliphatic hydroxyl groups excluding tert-OH is 2. The molecule has 2 unspecified atom stereocenters. The minimum Gasteiger partial charge on any atom is -0.477 e. The van der Waals surface area contributed by atoms with Gasteiger partial charge in [-0.3, -0.25) is 14.9 Å². The van der Waals surface area contributed by atoms with Gasteiger partial charge in [0.15, 0.2) is 5.12 Å². The van der Waals surface area contributed by atoms with Crippen molar-refractivity contribution in [2.75, 3.05) is 5.75 Å². The average Bonchev–Trinajstić information content (AvgIpc) is 2.45. The number of hydrogen-bond acceptors (Lipinski definition) is 7. The summed E-state index contributed by atoms with van der Waals surface area (Å²) in [5.41, 5.74) is -1.10. The van der Waals surface area contributed by atoms with Gasteiger partial charge in [0.2, 0.25) is 0 Å². The molecule has 3 N–H and O–H groups in total.